The number of ether oxygens (including phenoxy) is 1. The Hall–Kier alpha value is -7.95. The minimum atomic E-state index is -0.492. The van der Waals surface area contributed by atoms with Crippen molar-refractivity contribution in [3.8, 4) is 62.2 Å². The summed E-state index contributed by atoms with van der Waals surface area (Å²) in [5, 5.41) is 7.55. The Kier molecular flexibility index (Phi) is 7.61. The lowest BCUT2D eigenvalue weighted by atomic mass is 9.64. The maximum Gasteiger partial charge on any atom is 0.164 e. The lowest BCUT2D eigenvalue weighted by molar-refractivity contribution is 0.383. The average molecular weight is 792 g/mol. The van der Waals surface area contributed by atoms with E-state index in [0.717, 1.165) is 57.7 Å². The molecule has 4 nitrogen and oxygen atoms in total. The van der Waals surface area contributed by atoms with Gasteiger partial charge in [0.1, 0.15) is 11.5 Å². The van der Waals surface area contributed by atoms with Crippen LogP contribution >= 0.6 is 0 Å². The van der Waals surface area contributed by atoms with Gasteiger partial charge in [-0.25, -0.2) is 15.0 Å². The number of benzene rings is 9. The van der Waals surface area contributed by atoms with Crippen LogP contribution < -0.4 is 4.74 Å². The summed E-state index contributed by atoms with van der Waals surface area (Å²) in [6.07, 6.45) is 6.58. The highest BCUT2D eigenvalue weighted by molar-refractivity contribution is 6.25. The zero-order chi connectivity index (χ0) is 40.8. The molecule has 1 aliphatic heterocycles. The molecule has 0 saturated carbocycles. The molecule has 2 heterocycles. The first-order valence-electron chi connectivity index (χ1n) is 21.4. The van der Waals surface area contributed by atoms with E-state index in [9.17, 15) is 0 Å². The second-order valence-electron chi connectivity index (χ2n) is 16.5. The van der Waals surface area contributed by atoms with E-state index < -0.39 is 5.41 Å². The summed E-state index contributed by atoms with van der Waals surface area (Å²) >= 11 is 0. The molecule has 0 amide bonds. The summed E-state index contributed by atoms with van der Waals surface area (Å²) in [5.41, 5.74) is 11.9. The molecule has 4 heteroatoms. The summed E-state index contributed by atoms with van der Waals surface area (Å²) in [5.74, 6) is 3.58. The van der Waals surface area contributed by atoms with Crippen LogP contribution in [0.2, 0.25) is 0 Å². The van der Waals surface area contributed by atoms with Crippen molar-refractivity contribution in [1.29, 1.82) is 0 Å². The second-order valence-corrected chi connectivity index (χ2v) is 16.5. The number of rotatable bonds is 4. The fourth-order valence-electron chi connectivity index (χ4n) is 10.5. The van der Waals surface area contributed by atoms with Gasteiger partial charge >= 0.3 is 0 Å². The standard InChI is InChI=1S/C58H37N3O/c1-2-15-36(16-3-1)55-59-56(39-18-14-17-37(33-39)38-29-31-45-43-21-5-4-19-41(43)42-20-6-7-22-44(42)48(45)34-38)61-57(60-55)40-30-32-52-54(35-40)62-53-28-13-12-27-51(53)58(52)49-25-10-8-23-46(49)47-24-9-11-26-50(47)58/h1-11,14-35H,12-13H2. The van der Waals surface area contributed by atoms with Crippen LogP contribution in [0.25, 0.3) is 88.7 Å². The molecule has 0 bridgehead atoms. The van der Waals surface area contributed by atoms with Crippen LogP contribution in [0.15, 0.2) is 212 Å². The van der Waals surface area contributed by atoms with E-state index in [0.29, 0.717) is 17.5 Å². The fraction of sp³-hybridized carbons (Fsp3) is 0.0517. The normalized spacial score (nSPS) is 14.5. The van der Waals surface area contributed by atoms with Crippen molar-refractivity contribution >= 4 is 32.3 Å². The van der Waals surface area contributed by atoms with Crippen LogP contribution in [0.3, 0.4) is 0 Å². The van der Waals surface area contributed by atoms with E-state index in [1.54, 1.807) is 0 Å². The average Bonchev–Trinajstić information content (AvgIpc) is 3.64. The maximum atomic E-state index is 6.91. The van der Waals surface area contributed by atoms with Gasteiger partial charge in [-0.3, -0.25) is 0 Å². The second kappa shape index (κ2) is 13.5. The quantitative estimate of drug-likeness (QED) is 0.167. The number of hydrogen-bond donors (Lipinski definition) is 0. The van der Waals surface area contributed by atoms with Crippen molar-refractivity contribution < 1.29 is 4.74 Å². The third-order valence-corrected chi connectivity index (χ3v) is 13.2. The Labute approximate surface area is 359 Å². The molecule has 0 N–H and O–H groups in total. The minimum Gasteiger partial charge on any atom is -0.457 e. The van der Waals surface area contributed by atoms with Gasteiger partial charge < -0.3 is 4.74 Å². The predicted molar refractivity (Wildman–Crippen MR) is 252 cm³/mol. The Bertz CT molecular complexity index is 3480. The van der Waals surface area contributed by atoms with Gasteiger partial charge in [-0.2, -0.15) is 0 Å². The molecule has 290 valence electrons. The maximum absolute atomic E-state index is 6.91. The molecule has 13 rings (SSSR count). The summed E-state index contributed by atoms with van der Waals surface area (Å²) in [4.78, 5) is 15.5. The fourth-order valence-corrected chi connectivity index (χ4v) is 10.5. The largest absolute Gasteiger partial charge is 0.457 e. The van der Waals surface area contributed by atoms with E-state index in [4.69, 9.17) is 19.7 Å². The molecule has 1 spiro atoms. The third kappa shape index (κ3) is 5.10. The molecule has 2 aliphatic carbocycles. The van der Waals surface area contributed by atoms with E-state index in [1.165, 1.54) is 60.1 Å². The highest BCUT2D eigenvalue weighted by Crippen LogP contribution is 2.62. The molecular formula is C58H37N3O. The molecular weight excluding hydrogens is 755 g/mol. The summed E-state index contributed by atoms with van der Waals surface area (Å²) in [6, 6.07) is 67.3. The Balaban J connectivity index is 0.967. The number of nitrogens with zero attached hydrogens (tertiary/aromatic N) is 3. The van der Waals surface area contributed by atoms with Crippen LogP contribution in [-0.2, 0) is 5.41 Å². The zero-order valence-electron chi connectivity index (χ0n) is 33.7. The van der Waals surface area contributed by atoms with Gasteiger partial charge in [0.05, 0.1) is 5.41 Å². The summed E-state index contributed by atoms with van der Waals surface area (Å²) in [6.45, 7) is 0. The highest BCUT2D eigenvalue weighted by Gasteiger charge is 2.52. The van der Waals surface area contributed by atoms with Crippen molar-refractivity contribution in [2.45, 2.75) is 18.3 Å². The number of allylic oxidation sites excluding steroid dienone is 3. The van der Waals surface area contributed by atoms with E-state index in [1.807, 2.05) is 18.2 Å². The lowest BCUT2D eigenvalue weighted by Crippen LogP contribution is -2.36. The van der Waals surface area contributed by atoms with Crippen molar-refractivity contribution in [1.82, 2.24) is 15.0 Å². The number of hydrogen-bond acceptors (Lipinski definition) is 4. The minimum absolute atomic E-state index is 0.492. The monoisotopic (exact) mass is 791 g/mol. The highest BCUT2D eigenvalue weighted by atomic mass is 16.5. The Morgan fingerprint density at radius 3 is 1.55 bits per heavy atom. The number of fused-ring (bicyclic) bond motifs is 15. The Morgan fingerprint density at radius 2 is 0.855 bits per heavy atom. The molecule has 0 atom stereocenters. The van der Waals surface area contributed by atoms with Crippen molar-refractivity contribution in [2.75, 3.05) is 0 Å². The van der Waals surface area contributed by atoms with Gasteiger partial charge in [0.15, 0.2) is 17.5 Å². The lowest BCUT2D eigenvalue weighted by Gasteiger charge is -2.42. The molecule has 1 aromatic heterocycles. The van der Waals surface area contributed by atoms with E-state index in [2.05, 4.69) is 182 Å². The molecule has 0 fully saturated rings. The van der Waals surface area contributed by atoms with Crippen molar-refractivity contribution in [3.05, 3.63) is 228 Å². The van der Waals surface area contributed by atoms with Crippen LogP contribution in [0.1, 0.15) is 29.5 Å². The van der Waals surface area contributed by atoms with Gasteiger partial charge in [-0.15, -0.1) is 0 Å². The first-order valence-corrected chi connectivity index (χ1v) is 21.4. The molecule has 9 aromatic carbocycles. The van der Waals surface area contributed by atoms with Gasteiger partial charge in [0.25, 0.3) is 0 Å². The van der Waals surface area contributed by atoms with Crippen molar-refractivity contribution in [3.63, 3.8) is 0 Å². The van der Waals surface area contributed by atoms with Gasteiger partial charge in [0.2, 0.25) is 0 Å². The molecule has 0 saturated heterocycles. The van der Waals surface area contributed by atoms with Gasteiger partial charge in [0, 0.05) is 27.8 Å². The van der Waals surface area contributed by atoms with Crippen LogP contribution in [0, 0.1) is 0 Å². The summed E-state index contributed by atoms with van der Waals surface area (Å²) < 4.78 is 6.91. The molecule has 62 heavy (non-hydrogen) atoms. The van der Waals surface area contributed by atoms with E-state index in [-0.39, 0.29) is 0 Å². The topological polar surface area (TPSA) is 47.9 Å². The van der Waals surface area contributed by atoms with Gasteiger partial charge in [-0.1, -0.05) is 176 Å². The smallest absolute Gasteiger partial charge is 0.164 e. The Morgan fingerprint density at radius 1 is 0.355 bits per heavy atom. The zero-order valence-corrected chi connectivity index (χ0v) is 33.7. The number of aromatic nitrogens is 3. The van der Waals surface area contributed by atoms with E-state index >= 15 is 0 Å². The van der Waals surface area contributed by atoms with Gasteiger partial charge in [-0.05, 0) is 103 Å². The molecule has 0 radical (unpaired) electrons. The van der Waals surface area contributed by atoms with Crippen LogP contribution in [0.5, 0.6) is 5.75 Å². The summed E-state index contributed by atoms with van der Waals surface area (Å²) in [7, 11) is 0. The molecule has 10 aromatic rings. The third-order valence-electron chi connectivity index (χ3n) is 13.2. The first kappa shape index (κ1) is 34.9. The molecule has 3 aliphatic rings. The predicted octanol–water partition coefficient (Wildman–Crippen LogP) is 14.3. The molecule has 0 unspecified atom stereocenters. The SMILES string of the molecule is C1=C2Oc3cc(-c4nc(-c5ccccc5)nc(-c5cccc(-c6ccc7c8ccccc8c8ccccc8c7c6)c5)n4)ccc3C3(C2=CCC1)c1ccccc1-c1ccccc13. The van der Waals surface area contributed by atoms with Crippen LogP contribution in [-0.4, -0.2) is 15.0 Å². The first-order chi connectivity index (χ1) is 30.7. The van der Waals surface area contributed by atoms with Crippen molar-refractivity contribution in [2.24, 2.45) is 0 Å². The van der Waals surface area contributed by atoms with Crippen LogP contribution in [0.4, 0.5) is 0 Å².